The van der Waals surface area contributed by atoms with Crippen LogP contribution in [-0.2, 0) is 4.79 Å². The van der Waals surface area contributed by atoms with Gasteiger partial charge in [0.05, 0.1) is 17.4 Å². The van der Waals surface area contributed by atoms with Crippen LogP contribution in [0.5, 0.6) is 0 Å². The van der Waals surface area contributed by atoms with Gasteiger partial charge in [0.25, 0.3) is 5.91 Å². The SMILES string of the molecule is CCC1C(c2ccccc2)=Nc2ccccc2C(C(=O)NC(C)(C)C)N1C(=O)c1ccccc1C. The van der Waals surface area contributed by atoms with Crippen LogP contribution in [0.15, 0.2) is 83.9 Å². The molecule has 2 atom stereocenters. The normalized spacial score (nSPS) is 17.7. The van der Waals surface area contributed by atoms with Crippen molar-refractivity contribution in [2.24, 2.45) is 4.99 Å². The lowest BCUT2D eigenvalue weighted by Gasteiger charge is -2.38. The highest BCUT2D eigenvalue weighted by Crippen LogP contribution is 2.38. The number of nitrogens with zero attached hydrogens (tertiary/aromatic N) is 2. The molecule has 1 heterocycles. The van der Waals surface area contributed by atoms with Gasteiger partial charge in [0.2, 0.25) is 5.91 Å². The van der Waals surface area contributed by atoms with Crippen molar-refractivity contribution < 1.29 is 9.59 Å². The van der Waals surface area contributed by atoms with E-state index in [9.17, 15) is 9.59 Å². The second-order valence-corrected chi connectivity index (χ2v) is 10.0. The fraction of sp³-hybridized carbons (Fsp3) is 0.300. The Bertz CT molecular complexity index is 1260. The average Bonchev–Trinajstić information content (AvgIpc) is 2.98. The van der Waals surface area contributed by atoms with Crippen molar-refractivity contribution in [2.45, 2.75) is 58.7 Å². The van der Waals surface area contributed by atoms with Crippen molar-refractivity contribution in [3.05, 3.63) is 101 Å². The summed E-state index contributed by atoms with van der Waals surface area (Å²) in [5, 5.41) is 3.12. The molecular formula is C30H33N3O2. The summed E-state index contributed by atoms with van der Waals surface area (Å²) in [6.45, 7) is 9.81. The molecule has 1 aliphatic heterocycles. The van der Waals surface area contributed by atoms with Crippen molar-refractivity contribution in [3.63, 3.8) is 0 Å². The van der Waals surface area contributed by atoms with E-state index in [0.29, 0.717) is 17.7 Å². The predicted molar refractivity (Wildman–Crippen MR) is 141 cm³/mol. The Balaban J connectivity index is 1.98. The fourth-order valence-electron chi connectivity index (χ4n) is 4.66. The minimum atomic E-state index is -0.826. The summed E-state index contributed by atoms with van der Waals surface area (Å²) in [6, 6.07) is 23.9. The van der Waals surface area contributed by atoms with Crippen LogP contribution in [0.3, 0.4) is 0 Å². The number of aliphatic imine (C=N–C) groups is 1. The van der Waals surface area contributed by atoms with Gasteiger partial charge in [-0.15, -0.1) is 0 Å². The number of nitrogens with one attached hydrogen (secondary N) is 1. The summed E-state index contributed by atoms with van der Waals surface area (Å²) >= 11 is 0. The van der Waals surface area contributed by atoms with E-state index < -0.39 is 17.6 Å². The third-order valence-electron chi connectivity index (χ3n) is 6.21. The molecule has 5 heteroatoms. The molecule has 1 aliphatic rings. The molecular weight excluding hydrogens is 434 g/mol. The topological polar surface area (TPSA) is 61.8 Å². The van der Waals surface area contributed by atoms with E-state index in [0.717, 1.165) is 22.4 Å². The predicted octanol–water partition coefficient (Wildman–Crippen LogP) is 6.01. The second kappa shape index (κ2) is 9.87. The summed E-state index contributed by atoms with van der Waals surface area (Å²) in [7, 11) is 0. The number of benzene rings is 3. The van der Waals surface area contributed by atoms with Gasteiger partial charge in [-0.3, -0.25) is 14.6 Å². The van der Waals surface area contributed by atoms with Gasteiger partial charge in [-0.05, 0) is 57.4 Å². The fourth-order valence-corrected chi connectivity index (χ4v) is 4.66. The lowest BCUT2D eigenvalue weighted by molar-refractivity contribution is -0.127. The maximum Gasteiger partial charge on any atom is 0.255 e. The molecule has 180 valence electrons. The zero-order valence-electron chi connectivity index (χ0n) is 21.1. The molecule has 5 nitrogen and oxygen atoms in total. The van der Waals surface area contributed by atoms with Gasteiger partial charge >= 0.3 is 0 Å². The first-order valence-electron chi connectivity index (χ1n) is 12.1. The molecule has 0 saturated heterocycles. The van der Waals surface area contributed by atoms with Crippen LogP contribution >= 0.6 is 0 Å². The van der Waals surface area contributed by atoms with Gasteiger partial charge in [0.1, 0.15) is 6.04 Å². The van der Waals surface area contributed by atoms with E-state index in [1.165, 1.54) is 0 Å². The van der Waals surface area contributed by atoms with Crippen molar-refractivity contribution in [1.82, 2.24) is 10.2 Å². The number of para-hydroxylation sites is 1. The van der Waals surface area contributed by atoms with Crippen molar-refractivity contribution in [2.75, 3.05) is 0 Å². The quantitative estimate of drug-likeness (QED) is 0.511. The monoisotopic (exact) mass is 467 g/mol. The standard InChI is InChI=1S/C30H33N3O2/c1-6-25-26(21-15-8-7-9-16-21)31-24-19-13-12-18-23(24)27(28(34)32-30(3,4)5)33(25)29(35)22-17-11-10-14-20(22)2/h7-19,25,27H,6H2,1-5H3,(H,32,34). The molecule has 1 N–H and O–H groups in total. The number of hydrogen-bond acceptors (Lipinski definition) is 3. The zero-order chi connectivity index (χ0) is 25.2. The van der Waals surface area contributed by atoms with Crippen LogP contribution in [-0.4, -0.2) is 34.0 Å². The summed E-state index contributed by atoms with van der Waals surface area (Å²) in [5.74, 6) is -0.390. The van der Waals surface area contributed by atoms with Crippen LogP contribution in [0.4, 0.5) is 5.69 Å². The lowest BCUT2D eigenvalue weighted by atomic mass is 9.94. The first-order valence-corrected chi connectivity index (χ1v) is 12.1. The van der Waals surface area contributed by atoms with E-state index in [2.05, 4.69) is 5.32 Å². The molecule has 0 aromatic heterocycles. The van der Waals surface area contributed by atoms with Crippen molar-refractivity contribution >= 4 is 23.2 Å². The van der Waals surface area contributed by atoms with Gasteiger partial charge < -0.3 is 10.2 Å². The smallest absolute Gasteiger partial charge is 0.255 e. The first-order chi connectivity index (χ1) is 16.7. The summed E-state index contributed by atoms with van der Waals surface area (Å²) in [6.07, 6.45) is 0.610. The number of carbonyl (C=O) groups excluding carboxylic acids is 2. The molecule has 4 rings (SSSR count). The Labute approximate surface area is 207 Å². The number of aryl methyl sites for hydroxylation is 1. The summed E-state index contributed by atoms with van der Waals surface area (Å²) in [5.41, 5.74) is 4.16. The summed E-state index contributed by atoms with van der Waals surface area (Å²) < 4.78 is 0. The molecule has 2 amide bonds. The van der Waals surface area contributed by atoms with Crippen LogP contribution in [0, 0.1) is 6.92 Å². The van der Waals surface area contributed by atoms with Gasteiger partial charge in [-0.2, -0.15) is 0 Å². The maximum absolute atomic E-state index is 14.3. The average molecular weight is 468 g/mol. The van der Waals surface area contributed by atoms with Crippen LogP contribution in [0.25, 0.3) is 0 Å². The number of rotatable bonds is 4. The highest BCUT2D eigenvalue weighted by atomic mass is 16.2. The first kappa shape index (κ1) is 24.4. The third-order valence-corrected chi connectivity index (χ3v) is 6.21. The highest BCUT2D eigenvalue weighted by molar-refractivity contribution is 6.11. The maximum atomic E-state index is 14.3. The van der Waals surface area contributed by atoms with E-state index in [4.69, 9.17) is 4.99 Å². The number of hydrogen-bond donors (Lipinski definition) is 1. The summed E-state index contributed by atoms with van der Waals surface area (Å²) in [4.78, 5) is 35.0. The third kappa shape index (κ3) is 5.04. The van der Waals surface area contributed by atoms with Crippen LogP contribution in [0.2, 0.25) is 0 Å². The number of carbonyl (C=O) groups is 2. The van der Waals surface area contributed by atoms with E-state index in [1.54, 1.807) is 4.90 Å². The highest BCUT2D eigenvalue weighted by Gasteiger charge is 2.42. The molecule has 2 unspecified atom stereocenters. The Kier molecular flexibility index (Phi) is 6.88. The Morgan fingerprint density at radius 2 is 1.54 bits per heavy atom. The molecule has 3 aromatic carbocycles. The largest absolute Gasteiger partial charge is 0.349 e. The molecule has 0 saturated carbocycles. The Hall–Kier alpha value is -3.73. The van der Waals surface area contributed by atoms with Gasteiger partial charge in [-0.25, -0.2) is 0 Å². The van der Waals surface area contributed by atoms with Crippen LogP contribution < -0.4 is 5.32 Å². The lowest BCUT2D eigenvalue weighted by Crippen LogP contribution is -2.53. The van der Waals surface area contributed by atoms with Crippen molar-refractivity contribution in [3.8, 4) is 0 Å². The Morgan fingerprint density at radius 1 is 0.914 bits per heavy atom. The van der Waals surface area contributed by atoms with E-state index in [-0.39, 0.29) is 11.8 Å². The number of fused-ring (bicyclic) bond motifs is 1. The van der Waals surface area contributed by atoms with Gasteiger partial charge in [0, 0.05) is 16.7 Å². The molecule has 0 aliphatic carbocycles. The minimum absolute atomic E-state index is 0.177. The molecule has 0 fully saturated rings. The molecule has 35 heavy (non-hydrogen) atoms. The van der Waals surface area contributed by atoms with E-state index >= 15 is 0 Å². The number of amides is 2. The Morgan fingerprint density at radius 3 is 2.20 bits per heavy atom. The van der Waals surface area contributed by atoms with Crippen LogP contribution in [0.1, 0.15) is 67.2 Å². The van der Waals surface area contributed by atoms with Gasteiger partial charge in [0.15, 0.2) is 0 Å². The second-order valence-electron chi connectivity index (χ2n) is 10.0. The molecule has 0 bridgehead atoms. The van der Waals surface area contributed by atoms with Crippen molar-refractivity contribution in [1.29, 1.82) is 0 Å². The minimum Gasteiger partial charge on any atom is -0.349 e. The molecule has 0 radical (unpaired) electrons. The zero-order valence-corrected chi connectivity index (χ0v) is 21.1. The van der Waals surface area contributed by atoms with Gasteiger partial charge in [-0.1, -0.05) is 73.7 Å². The molecule has 0 spiro atoms. The molecule has 3 aromatic rings. The van der Waals surface area contributed by atoms with E-state index in [1.807, 2.05) is 113 Å².